The van der Waals surface area contributed by atoms with Crippen molar-refractivity contribution in [2.24, 2.45) is 5.92 Å². The number of carboxylic acid groups (broad SMARTS) is 2. The minimum Gasteiger partial charge on any atom is -0.497 e. The number of ether oxygens (including phenoxy) is 1. The summed E-state index contributed by atoms with van der Waals surface area (Å²) in [7, 11) is -2.37. The molecule has 0 aromatic heterocycles. The van der Waals surface area contributed by atoms with Crippen molar-refractivity contribution in [3.05, 3.63) is 83.9 Å². The topological polar surface area (TPSA) is 133 Å². The van der Waals surface area contributed by atoms with Crippen LogP contribution in [-0.4, -0.2) is 56.9 Å². The fraction of sp³-hybridized carbons (Fsp3) is 0.286. The Morgan fingerprint density at radius 3 is 2.07 bits per heavy atom. The van der Waals surface area contributed by atoms with Gasteiger partial charge in [0.1, 0.15) is 5.75 Å². The second kappa shape index (κ2) is 13.4. The van der Waals surface area contributed by atoms with Gasteiger partial charge >= 0.3 is 18.1 Å². The third-order valence-corrected chi connectivity index (χ3v) is 7.81. The van der Waals surface area contributed by atoms with E-state index in [1.54, 1.807) is 24.3 Å². The van der Waals surface area contributed by atoms with E-state index in [4.69, 9.17) is 14.6 Å². The summed E-state index contributed by atoms with van der Waals surface area (Å²) in [4.78, 5) is 23.0. The molecule has 0 radical (unpaired) electrons. The van der Waals surface area contributed by atoms with Gasteiger partial charge in [0.25, 0.3) is 10.0 Å². The van der Waals surface area contributed by atoms with E-state index in [0.717, 1.165) is 32.4 Å². The van der Waals surface area contributed by atoms with Gasteiger partial charge in [0, 0.05) is 18.8 Å². The number of hydrogen-bond acceptors (Lipinski definition) is 6. The first-order chi connectivity index (χ1) is 19.3. The minimum atomic E-state index is -5.08. The molecule has 41 heavy (non-hydrogen) atoms. The molecule has 13 heteroatoms. The quantitative estimate of drug-likeness (QED) is 0.321. The lowest BCUT2D eigenvalue weighted by molar-refractivity contribution is -0.192. The van der Waals surface area contributed by atoms with E-state index in [9.17, 15) is 31.5 Å². The summed E-state index contributed by atoms with van der Waals surface area (Å²) in [6, 6.07) is 21.1. The number of hydrogen-bond donors (Lipinski definition) is 3. The zero-order valence-corrected chi connectivity index (χ0v) is 22.8. The van der Waals surface area contributed by atoms with Gasteiger partial charge < -0.3 is 19.8 Å². The molecule has 1 aliphatic rings. The maximum Gasteiger partial charge on any atom is 0.490 e. The SMILES string of the molecule is COc1ccc(S(=O)(=O)Nc2ccc(N3CCC(Cc4ccccc4)CC3)c(C(=O)O)c2)cc1.O=C(O)C(F)(F)F. The predicted molar refractivity (Wildman–Crippen MR) is 146 cm³/mol. The van der Waals surface area contributed by atoms with Crippen LogP contribution in [0.5, 0.6) is 5.75 Å². The van der Waals surface area contributed by atoms with Gasteiger partial charge in [-0.25, -0.2) is 18.0 Å². The Balaban J connectivity index is 0.000000587. The van der Waals surface area contributed by atoms with Gasteiger partial charge in [0.2, 0.25) is 0 Å². The normalized spacial score (nSPS) is 14.0. The van der Waals surface area contributed by atoms with E-state index >= 15 is 0 Å². The monoisotopic (exact) mass is 594 g/mol. The molecule has 1 fully saturated rings. The van der Waals surface area contributed by atoms with Crippen LogP contribution in [0, 0.1) is 5.92 Å². The van der Waals surface area contributed by atoms with E-state index in [1.165, 1.54) is 30.9 Å². The van der Waals surface area contributed by atoms with E-state index < -0.39 is 28.1 Å². The summed E-state index contributed by atoms with van der Waals surface area (Å²) < 4.78 is 64.8. The number of carbonyl (C=O) groups is 2. The first-order valence-electron chi connectivity index (χ1n) is 12.4. The second-order valence-electron chi connectivity index (χ2n) is 9.24. The van der Waals surface area contributed by atoms with Gasteiger partial charge in [0.05, 0.1) is 23.3 Å². The minimum absolute atomic E-state index is 0.0646. The van der Waals surface area contributed by atoms with E-state index in [1.807, 2.05) is 18.2 Å². The smallest absolute Gasteiger partial charge is 0.490 e. The van der Waals surface area contributed by atoms with Crippen LogP contribution < -0.4 is 14.4 Å². The summed E-state index contributed by atoms with van der Waals surface area (Å²) in [5.41, 5.74) is 2.21. The molecular weight excluding hydrogens is 565 g/mol. The molecule has 0 unspecified atom stereocenters. The van der Waals surface area contributed by atoms with Gasteiger partial charge in [-0.15, -0.1) is 0 Å². The first kappa shape index (κ1) is 31.3. The van der Waals surface area contributed by atoms with Gasteiger partial charge in [-0.3, -0.25) is 4.72 Å². The molecule has 0 bridgehead atoms. The Morgan fingerprint density at radius 2 is 1.56 bits per heavy atom. The number of halogens is 3. The van der Waals surface area contributed by atoms with Crippen LogP contribution in [0.15, 0.2) is 77.7 Å². The highest BCUT2D eigenvalue weighted by Gasteiger charge is 2.38. The van der Waals surface area contributed by atoms with Gasteiger partial charge in [-0.2, -0.15) is 13.2 Å². The Bertz CT molecular complexity index is 1440. The summed E-state index contributed by atoms with van der Waals surface area (Å²) >= 11 is 0. The lowest BCUT2D eigenvalue weighted by atomic mass is 9.90. The average Bonchev–Trinajstić information content (AvgIpc) is 2.94. The molecule has 220 valence electrons. The number of anilines is 2. The number of rotatable bonds is 8. The van der Waals surface area contributed by atoms with Crippen LogP contribution in [0.25, 0.3) is 0 Å². The van der Waals surface area contributed by atoms with Crippen LogP contribution in [0.2, 0.25) is 0 Å². The van der Waals surface area contributed by atoms with Gasteiger partial charge in [0.15, 0.2) is 0 Å². The molecule has 3 aromatic carbocycles. The van der Waals surface area contributed by atoms with Crippen molar-refractivity contribution in [2.75, 3.05) is 29.8 Å². The third kappa shape index (κ3) is 8.87. The highest BCUT2D eigenvalue weighted by atomic mass is 32.2. The number of carboxylic acids is 2. The number of nitrogens with zero attached hydrogens (tertiary/aromatic N) is 1. The molecule has 0 saturated carbocycles. The third-order valence-electron chi connectivity index (χ3n) is 6.41. The van der Waals surface area contributed by atoms with E-state index in [0.29, 0.717) is 17.4 Å². The van der Waals surface area contributed by atoms with Crippen LogP contribution in [0.4, 0.5) is 24.5 Å². The molecule has 0 aliphatic carbocycles. The van der Waals surface area contributed by atoms with Crippen molar-refractivity contribution in [3.63, 3.8) is 0 Å². The Hall–Kier alpha value is -4.26. The molecule has 9 nitrogen and oxygen atoms in total. The average molecular weight is 595 g/mol. The molecule has 0 spiro atoms. The summed E-state index contributed by atoms with van der Waals surface area (Å²) in [5, 5.41) is 16.9. The summed E-state index contributed by atoms with van der Waals surface area (Å²) in [5.74, 6) is -2.74. The highest BCUT2D eigenvalue weighted by Crippen LogP contribution is 2.31. The number of methoxy groups -OCH3 is 1. The Labute approximate surface area is 235 Å². The van der Waals surface area contributed by atoms with Gasteiger partial charge in [-0.05, 0) is 73.2 Å². The second-order valence-corrected chi connectivity index (χ2v) is 10.9. The summed E-state index contributed by atoms with van der Waals surface area (Å²) in [6.07, 6.45) is -2.12. The summed E-state index contributed by atoms with van der Waals surface area (Å²) in [6.45, 7) is 1.52. The van der Waals surface area contributed by atoms with Crippen LogP contribution >= 0.6 is 0 Å². The largest absolute Gasteiger partial charge is 0.497 e. The molecule has 0 amide bonds. The van der Waals surface area contributed by atoms with Gasteiger partial charge in [-0.1, -0.05) is 30.3 Å². The molecule has 1 heterocycles. The fourth-order valence-electron chi connectivity index (χ4n) is 4.34. The first-order valence-corrected chi connectivity index (χ1v) is 13.9. The van der Waals surface area contributed by atoms with Crippen molar-refractivity contribution in [3.8, 4) is 5.75 Å². The van der Waals surface area contributed by atoms with Crippen molar-refractivity contribution in [1.29, 1.82) is 0 Å². The van der Waals surface area contributed by atoms with Crippen LogP contribution in [0.1, 0.15) is 28.8 Å². The van der Waals surface area contributed by atoms with Crippen molar-refractivity contribution in [1.82, 2.24) is 0 Å². The number of benzene rings is 3. The molecular formula is C28H29F3N2O7S. The van der Waals surface area contributed by atoms with E-state index in [-0.39, 0.29) is 16.1 Å². The van der Waals surface area contributed by atoms with E-state index in [2.05, 4.69) is 21.8 Å². The fourth-order valence-corrected chi connectivity index (χ4v) is 5.39. The molecule has 1 saturated heterocycles. The van der Waals surface area contributed by atoms with Crippen molar-refractivity contribution in [2.45, 2.75) is 30.3 Å². The molecule has 0 atom stereocenters. The maximum atomic E-state index is 12.7. The number of sulfonamides is 1. The number of aliphatic carboxylic acids is 1. The lowest BCUT2D eigenvalue weighted by Crippen LogP contribution is -2.35. The zero-order chi connectivity index (χ0) is 30.2. The number of aromatic carboxylic acids is 1. The standard InChI is InChI=1S/C26H28N2O5S.C2HF3O2/c1-33-22-8-10-23(11-9-22)34(31,32)27-21-7-12-25(24(18-21)26(29)30)28-15-13-20(14-16-28)17-19-5-3-2-4-6-19;3-2(4,5)1(6)7/h2-12,18,20,27H,13-17H2,1H3,(H,29,30);(H,6,7). The molecule has 3 N–H and O–H groups in total. The van der Waals surface area contributed by atoms with Crippen LogP contribution in [0.3, 0.4) is 0 Å². The number of nitrogens with one attached hydrogen (secondary N) is 1. The van der Waals surface area contributed by atoms with Crippen LogP contribution in [-0.2, 0) is 21.2 Å². The van der Waals surface area contributed by atoms with Crippen molar-refractivity contribution < 1.29 is 46.1 Å². The molecule has 3 aromatic rings. The predicted octanol–water partition coefficient (Wildman–Crippen LogP) is 5.29. The lowest BCUT2D eigenvalue weighted by Gasteiger charge is -2.34. The van der Waals surface area contributed by atoms with Crippen molar-refractivity contribution >= 4 is 33.3 Å². The molecule has 4 rings (SSSR count). The Kier molecular flexibility index (Phi) is 10.2. The number of alkyl halides is 3. The molecule has 1 aliphatic heterocycles. The highest BCUT2D eigenvalue weighted by molar-refractivity contribution is 7.92. The maximum absolute atomic E-state index is 12.7. The number of piperidine rings is 1. The zero-order valence-electron chi connectivity index (χ0n) is 22.0. The Morgan fingerprint density at radius 1 is 0.976 bits per heavy atom.